The van der Waals surface area contributed by atoms with Crippen molar-refractivity contribution in [1.82, 2.24) is 4.98 Å². The fourth-order valence-electron chi connectivity index (χ4n) is 3.33. The number of hydrogen-bond donors (Lipinski definition) is 1. The summed E-state index contributed by atoms with van der Waals surface area (Å²) in [5.74, 6) is -0.806. The van der Waals surface area contributed by atoms with E-state index in [0.29, 0.717) is 28.0 Å². The van der Waals surface area contributed by atoms with Crippen molar-refractivity contribution in [2.75, 3.05) is 11.9 Å². The van der Waals surface area contributed by atoms with Crippen LogP contribution >= 0.6 is 15.9 Å². The first kappa shape index (κ1) is 20.8. The van der Waals surface area contributed by atoms with Crippen LogP contribution in [0, 0.1) is 0 Å². The Labute approximate surface area is 188 Å². The Morgan fingerprint density at radius 2 is 1.71 bits per heavy atom. The van der Waals surface area contributed by atoms with Crippen molar-refractivity contribution in [1.29, 1.82) is 0 Å². The van der Waals surface area contributed by atoms with E-state index in [-0.39, 0.29) is 12.5 Å². The Kier molecular flexibility index (Phi) is 6.09. The van der Waals surface area contributed by atoms with Gasteiger partial charge >= 0.3 is 5.97 Å². The van der Waals surface area contributed by atoms with E-state index in [1.54, 1.807) is 37.3 Å². The van der Waals surface area contributed by atoms with Crippen molar-refractivity contribution < 1.29 is 14.3 Å². The number of fused-ring (bicyclic) bond motifs is 1. The number of para-hydroxylation sites is 2. The molecule has 0 spiro atoms. The number of benzene rings is 3. The number of hydrogen-bond acceptors (Lipinski definition) is 4. The maximum atomic E-state index is 13.3. The number of nitrogens with one attached hydrogen (secondary N) is 1. The Morgan fingerprint density at radius 3 is 2.52 bits per heavy atom. The van der Waals surface area contributed by atoms with Crippen molar-refractivity contribution in [3.8, 4) is 11.3 Å². The Morgan fingerprint density at radius 1 is 0.935 bits per heavy atom. The van der Waals surface area contributed by atoms with Crippen LogP contribution in [-0.2, 0) is 4.74 Å². The van der Waals surface area contributed by atoms with Crippen LogP contribution in [0.2, 0.25) is 0 Å². The van der Waals surface area contributed by atoms with E-state index in [0.717, 1.165) is 15.4 Å². The standard InChI is InChI=1S/C25H19BrN2O3/c1-2-31-25(30)19-11-4-6-13-22(19)28-24(29)20-15-23(16-8-7-9-17(26)14-16)27-21-12-5-3-10-18(20)21/h3-15H,2H2,1H3,(H,28,29). The predicted octanol–water partition coefficient (Wildman–Crippen LogP) is 6.09. The summed E-state index contributed by atoms with van der Waals surface area (Å²) >= 11 is 3.48. The molecule has 1 amide bonds. The van der Waals surface area contributed by atoms with E-state index >= 15 is 0 Å². The largest absolute Gasteiger partial charge is 0.462 e. The third-order valence-electron chi connectivity index (χ3n) is 4.75. The molecule has 0 aliphatic heterocycles. The van der Waals surface area contributed by atoms with Gasteiger partial charge in [0.15, 0.2) is 0 Å². The van der Waals surface area contributed by atoms with Gasteiger partial charge in [0.25, 0.3) is 5.91 Å². The number of rotatable bonds is 5. The van der Waals surface area contributed by atoms with E-state index in [4.69, 9.17) is 9.72 Å². The monoisotopic (exact) mass is 474 g/mol. The summed E-state index contributed by atoms with van der Waals surface area (Å²) in [7, 11) is 0. The molecule has 31 heavy (non-hydrogen) atoms. The number of aromatic nitrogens is 1. The molecule has 0 fully saturated rings. The Hall–Kier alpha value is -3.51. The highest BCUT2D eigenvalue weighted by Gasteiger charge is 2.18. The van der Waals surface area contributed by atoms with Crippen LogP contribution in [0.15, 0.2) is 83.3 Å². The molecule has 1 aromatic heterocycles. The second kappa shape index (κ2) is 9.10. The number of halogens is 1. The molecule has 0 unspecified atom stereocenters. The van der Waals surface area contributed by atoms with E-state index in [1.807, 2.05) is 48.5 Å². The number of anilines is 1. The van der Waals surface area contributed by atoms with Gasteiger partial charge in [0.05, 0.1) is 34.6 Å². The lowest BCUT2D eigenvalue weighted by Crippen LogP contribution is -2.16. The smallest absolute Gasteiger partial charge is 0.340 e. The lowest BCUT2D eigenvalue weighted by atomic mass is 10.0. The van der Waals surface area contributed by atoms with Gasteiger partial charge in [-0.2, -0.15) is 0 Å². The van der Waals surface area contributed by atoms with Gasteiger partial charge in [0, 0.05) is 15.4 Å². The van der Waals surface area contributed by atoms with Gasteiger partial charge in [-0.1, -0.05) is 58.4 Å². The van der Waals surface area contributed by atoms with E-state index in [1.165, 1.54) is 0 Å². The summed E-state index contributed by atoms with van der Waals surface area (Å²) in [5, 5.41) is 3.60. The Bertz CT molecular complexity index is 1290. The highest BCUT2D eigenvalue weighted by Crippen LogP contribution is 2.28. The number of esters is 1. The van der Waals surface area contributed by atoms with Crippen molar-refractivity contribution >= 4 is 44.4 Å². The maximum absolute atomic E-state index is 13.3. The molecule has 0 atom stereocenters. The fourth-order valence-corrected chi connectivity index (χ4v) is 3.73. The summed E-state index contributed by atoms with van der Waals surface area (Å²) in [6.07, 6.45) is 0. The number of carbonyl (C=O) groups excluding carboxylic acids is 2. The molecule has 3 aromatic carbocycles. The molecular weight excluding hydrogens is 456 g/mol. The molecule has 0 aliphatic rings. The molecule has 1 heterocycles. The van der Waals surface area contributed by atoms with Crippen LogP contribution in [0.4, 0.5) is 5.69 Å². The minimum atomic E-state index is -0.479. The number of ether oxygens (including phenoxy) is 1. The number of carbonyl (C=O) groups is 2. The van der Waals surface area contributed by atoms with Crippen LogP contribution in [0.1, 0.15) is 27.6 Å². The van der Waals surface area contributed by atoms with Gasteiger partial charge in [0.2, 0.25) is 0 Å². The van der Waals surface area contributed by atoms with Crippen molar-refractivity contribution in [3.05, 3.63) is 94.5 Å². The number of nitrogens with zero attached hydrogens (tertiary/aromatic N) is 1. The van der Waals surface area contributed by atoms with Crippen LogP contribution in [0.5, 0.6) is 0 Å². The average molecular weight is 475 g/mol. The quantitative estimate of drug-likeness (QED) is 0.355. The lowest BCUT2D eigenvalue weighted by molar-refractivity contribution is 0.0527. The van der Waals surface area contributed by atoms with Crippen molar-refractivity contribution in [2.45, 2.75) is 6.92 Å². The van der Waals surface area contributed by atoms with E-state index < -0.39 is 5.97 Å². The third kappa shape index (κ3) is 4.49. The first-order valence-corrected chi connectivity index (χ1v) is 10.6. The zero-order valence-electron chi connectivity index (χ0n) is 16.8. The molecule has 1 N–H and O–H groups in total. The summed E-state index contributed by atoms with van der Waals surface area (Å²) in [6, 6.07) is 23.8. The van der Waals surface area contributed by atoms with Crippen LogP contribution < -0.4 is 5.32 Å². The normalized spacial score (nSPS) is 10.6. The first-order valence-electron chi connectivity index (χ1n) is 9.80. The molecule has 5 nitrogen and oxygen atoms in total. The highest BCUT2D eigenvalue weighted by molar-refractivity contribution is 9.10. The fraction of sp³-hybridized carbons (Fsp3) is 0.0800. The van der Waals surface area contributed by atoms with Gasteiger partial charge < -0.3 is 10.1 Å². The second-order valence-corrected chi connectivity index (χ2v) is 7.72. The van der Waals surface area contributed by atoms with Crippen LogP contribution in [0.25, 0.3) is 22.2 Å². The number of pyridine rings is 1. The molecular formula is C25H19BrN2O3. The molecule has 4 rings (SSSR count). The maximum Gasteiger partial charge on any atom is 0.340 e. The van der Waals surface area contributed by atoms with Crippen molar-refractivity contribution in [3.63, 3.8) is 0 Å². The molecule has 4 aromatic rings. The molecule has 0 saturated heterocycles. The lowest BCUT2D eigenvalue weighted by Gasteiger charge is -2.13. The zero-order chi connectivity index (χ0) is 21.8. The van der Waals surface area contributed by atoms with E-state index in [9.17, 15) is 9.59 Å². The molecule has 0 radical (unpaired) electrons. The molecule has 0 bridgehead atoms. The summed E-state index contributed by atoms with van der Waals surface area (Å²) in [4.78, 5) is 30.3. The SMILES string of the molecule is CCOC(=O)c1ccccc1NC(=O)c1cc(-c2cccc(Br)c2)nc2ccccc12. The van der Waals surface area contributed by atoms with Gasteiger partial charge in [0.1, 0.15) is 0 Å². The van der Waals surface area contributed by atoms with Gasteiger partial charge in [-0.3, -0.25) is 4.79 Å². The average Bonchev–Trinajstić information content (AvgIpc) is 2.78. The molecule has 154 valence electrons. The van der Waals surface area contributed by atoms with Crippen LogP contribution in [-0.4, -0.2) is 23.5 Å². The third-order valence-corrected chi connectivity index (χ3v) is 5.25. The minimum Gasteiger partial charge on any atom is -0.462 e. The highest BCUT2D eigenvalue weighted by atomic mass is 79.9. The van der Waals surface area contributed by atoms with E-state index in [2.05, 4.69) is 21.2 Å². The Balaban J connectivity index is 1.78. The predicted molar refractivity (Wildman–Crippen MR) is 125 cm³/mol. The molecule has 0 aliphatic carbocycles. The second-order valence-electron chi connectivity index (χ2n) is 6.80. The summed E-state index contributed by atoms with van der Waals surface area (Å²) < 4.78 is 6.03. The van der Waals surface area contributed by atoms with Gasteiger partial charge in [-0.15, -0.1) is 0 Å². The topological polar surface area (TPSA) is 68.3 Å². The molecule has 6 heteroatoms. The summed E-state index contributed by atoms with van der Waals surface area (Å²) in [6.45, 7) is 2.00. The molecule has 0 saturated carbocycles. The minimum absolute atomic E-state index is 0.256. The van der Waals surface area contributed by atoms with Crippen LogP contribution in [0.3, 0.4) is 0 Å². The van der Waals surface area contributed by atoms with Gasteiger partial charge in [-0.25, -0.2) is 9.78 Å². The summed E-state index contributed by atoms with van der Waals surface area (Å²) in [5.41, 5.74) is 3.46. The number of amides is 1. The van der Waals surface area contributed by atoms with Gasteiger partial charge in [-0.05, 0) is 43.3 Å². The first-order chi connectivity index (χ1) is 15.1. The zero-order valence-corrected chi connectivity index (χ0v) is 18.3. The van der Waals surface area contributed by atoms with Crippen molar-refractivity contribution in [2.24, 2.45) is 0 Å².